The van der Waals surface area contributed by atoms with Crippen molar-refractivity contribution >= 4 is 5.82 Å². The van der Waals surface area contributed by atoms with Gasteiger partial charge in [-0.1, -0.05) is 19.4 Å². The molecule has 0 radical (unpaired) electrons. The third-order valence-corrected chi connectivity index (χ3v) is 2.41. The fraction of sp³-hybridized carbons (Fsp3) is 0.462. The van der Waals surface area contributed by atoms with Gasteiger partial charge in [-0.3, -0.25) is 0 Å². The summed E-state index contributed by atoms with van der Waals surface area (Å²) in [5.74, 6) is 0.898. The molecule has 0 aliphatic carbocycles. The number of aromatic nitrogens is 1. The van der Waals surface area contributed by atoms with Gasteiger partial charge < -0.3 is 10.0 Å². The highest BCUT2D eigenvalue weighted by atomic mass is 16.3. The highest BCUT2D eigenvalue weighted by Gasteiger charge is 2.05. The summed E-state index contributed by atoms with van der Waals surface area (Å²) in [5, 5.41) is 9.20. The Bertz CT molecular complexity index is 350. The Morgan fingerprint density at radius 3 is 2.81 bits per heavy atom. The van der Waals surface area contributed by atoms with E-state index in [2.05, 4.69) is 18.5 Å². The molecule has 1 aromatic rings. The van der Waals surface area contributed by atoms with E-state index in [9.17, 15) is 5.11 Å². The summed E-state index contributed by atoms with van der Waals surface area (Å²) in [6.45, 7) is 6.66. The number of pyridine rings is 1. The van der Waals surface area contributed by atoms with Gasteiger partial charge in [-0.15, -0.1) is 6.58 Å². The first kappa shape index (κ1) is 12.7. The predicted molar refractivity (Wildman–Crippen MR) is 67.6 cm³/mol. The molecule has 0 saturated carbocycles. The van der Waals surface area contributed by atoms with E-state index < -0.39 is 0 Å². The topological polar surface area (TPSA) is 36.4 Å². The molecule has 1 N–H and O–H groups in total. The molecule has 0 unspecified atom stereocenters. The van der Waals surface area contributed by atoms with Crippen molar-refractivity contribution in [1.29, 1.82) is 0 Å². The fourth-order valence-corrected chi connectivity index (χ4v) is 1.59. The van der Waals surface area contributed by atoms with E-state index in [0.717, 1.165) is 36.5 Å². The lowest BCUT2D eigenvalue weighted by atomic mass is 10.1. The minimum absolute atomic E-state index is 0.0637. The lowest BCUT2D eigenvalue weighted by Crippen LogP contribution is -2.18. The molecule has 0 atom stereocenters. The van der Waals surface area contributed by atoms with Crippen LogP contribution in [0.1, 0.15) is 24.6 Å². The van der Waals surface area contributed by atoms with Crippen molar-refractivity contribution in [3.8, 4) is 0 Å². The van der Waals surface area contributed by atoms with Crippen LogP contribution >= 0.6 is 0 Å². The Morgan fingerprint density at radius 2 is 2.25 bits per heavy atom. The van der Waals surface area contributed by atoms with Gasteiger partial charge in [-0.05, 0) is 24.1 Å². The Kier molecular flexibility index (Phi) is 4.99. The van der Waals surface area contributed by atoms with Crippen LogP contribution in [0.15, 0.2) is 24.8 Å². The first-order valence-electron chi connectivity index (χ1n) is 5.64. The number of hydrogen-bond donors (Lipinski definition) is 1. The molecule has 16 heavy (non-hydrogen) atoms. The van der Waals surface area contributed by atoms with Crippen molar-refractivity contribution in [2.45, 2.75) is 26.4 Å². The summed E-state index contributed by atoms with van der Waals surface area (Å²) in [4.78, 5) is 6.58. The summed E-state index contributed by atoms with van der Waals surface area (Å²) in [5.41, 5.74) is 1.96. The van der Waals surface area contributed by atoms with Crippen molar-refractivity contribution in [2.75, 3.05) is 18.5 Å². The number of rotatable bonds is 6. The number of likely N-dealkylation sites (N-methyl/N-ethyl adjacent to an activating group) is 1. The molecule has 3 heteroatoms. The van der Waals surface area contributed by atoms with E-state index in [1.165, 1.54) is 0 Å². The SMILES string of the molecule is C=CCN(C)c1cc(CO)cc(CCC)n1. The molecule has 0 saturated heterocycles. The smallest absolute Gasteiger partial charge is 0.129 e. The molecular formula is C13H20N2O. The summed E-state index contributed by atoms with van der Waals surface area (Å²) in [7, 11) is 1.97. The maximum atomic E-state index is 9.20. The van der Waals surface area contributed by atoms with Crippen LogP contribution in [-0.4, -0.2) is 23.7 Å². The second-order valence-corrected chi connectivity index (χ2v) is 3.90. The van der Waals surface area contributed by atoms with Gasteiger partial charge in [0, 0.05) is 19.3 Å². The van der Waals surface area contributed by atoms with Crippen LogP contribution in [-0.2, 0) is 13.0 Å². The van der Waals surface area contributed by atoms with Crippen LogP contribution in [0.2, 0.25) is 0 Å². The Balaban J connectivity index is 2.98. The summed E-state index contributed by atoms with van der Waals surface area (Å²) in [6.07, 6.45) is 3.85. The molecule has 1 aromatic heterocycles. The predicted octanol–water partition coefficient (Wildman–Crippen LogP) is 2.15. The largest absolute Gasteiger partial charge is 0.392 e. The second-order valence-electron chi connectivity index (χ2n) is 3.90. The second kappa shape index (κ2) is 6.28. The zero-order valence-corrected chi connectivity index (χ0v) is 10.1. The van der Waals surface area contributed by atoms with E-state index in [4.69, 9.17) is 0 Å². The van der Waals surface area contributed by atoms with Crippen LogP contribution in [0.25, 0.3) is 0 Å². The lowest BCUT2D eigenvalue weighted by molar-refractivity contribution is 0.281. The van der Waals surface area contributed by atoms with Gasteiger partial charge >= 0.3 is 0 Å². The van der Waals surface area contributed by atoms with Gasteiger partial charge in [-0.2, -0.15) is 0 Å². The van der Waals surface area contributed by atoms with Crippen LogP contribution in [0.3, 0.4) is 0 Å². The number of aryl methyl sites for hydroxylation is 1. The monoisotopic (exact) mass is 220 g/mol. The molecule has 1 rings (SSSR count). The molecule has 3 nitrogen and oxygen atoms in total. The van der Waals surface area contributed by atoms with Crippen LogP contribution < -0.4 is 4.90 Å². The molecule has 0 fully saturated rings. The minimum atomic E-state index is 0.0637. The number of hydrogen-bond acceptors (Lipinski definition) is 3. The minimum Gasteiger partial charge on any atom is -0.392 e. The third-order valence-electron chi connectivity index (χ3n) is 2.41. The fourth-order valence-electron chi connectivity index (χ4n) is 1.59. The maximum Gasteiger partial charge on any atom is 0.129 e. The van der Waals surface area contributed by atoms with E-state index in [-0.39, 0.29) is 6.61 Å². The van der Waals surface area contributed by atoms with Gasteiger partial charge in [0.05, 0.1) is 6.61 Å². The zero-order chi connectivity index (χ0) is 12.0. The van der Waals surface area contributed by atoms with Gasteiger partial charge in [0.15, 0.2) is 0 Å². The highest BCUT2D eigenvalue weighted by Crippen LogP contribution is 2.15. The number of aliphatic hydroxyl groups excluding tert-OH is 1. The quantitative estimate of drug-likeness (QED) is 0.746. The first-order chi connectivity index (χ1) is 7.71. The van der Waals surface area contributed by atoms with Gasteiger partial charge in [0.25, 0.3) is 0 Å². The first-order valence-corrected chi connectivity index (χ1v) is 5.64. The van der Waals surface area contributed by atoms with E-state index in [1.54, 1.807) is 0 Å². The van der Waals surface area contributed by atoms with Crippen LogP contribution in [0.4, 0.5) is 5.82 Å². The number of anilines is 1. The summed E-state index contributed by atoms with van der Waals surface area (Å²) in [6, 6.07) is 3.89. The molecule has 0 aromatic carbocycles. The average molecular weight is 220 g/mol. The van der Waals surface area contributed by atoms with Crippen molar-refractivity contribution in [3.05, 3.63) is 36.0 Å². The molecular weight excluding hydrogens is 200 g/mol. The molecule has 0 aliphatic heterocycles. The summed E-state index contributed by atoms with van der Waals surface area (Å²) < 4.78 is 0. The third kappa shape index (κ3) is 3.35. The molecule has 0 aliphatic rings. The average Bonchev–Trinajstić information content (AvgIpc) is 2.29. The van der Waals surface area contributed by atoms with E-state index in [0.29, 0.717) is 0 Å². The van der Waals surface area contributed by atoms with Crippen molar-refractivity contribution in [2.24, 2.45) is 0 Å². The van der Waals surface area contributed by atoms with E-state index >= 15 is 0 Å². The molecule has 0 amide bonds. The molecule has 88 valence electrons. The molecule has 1 heterocycles. The Hall–Kier alpha value is -1.35. The van der Waals surface area contributed by atoms with Gasteiger partial charge in [0.1, 0.15) is 5.82 Å². The Labute approximate surface area is 97.4 Å². The Morgan fingerprint density at radius 1 is 1.50 bits per heavy atom. The van der Waals surface area contributed by atoms with Crippen LogP contribution in [0, 0.1) is 0 Å². The van der Waals surface area contributed by atoms with Gasteiger partial charge in [-0.25, -0.2) is 4.98 Å². The van der Waals surface area contributed by atoms with Crippen molar-refractivity contribution in [3.63, 3.8) is 0 Å². The normalized spacial score (nSPS) is 10.2. The van der Waals surface area contributed by atoms with Gasteiger partial charge in [0.2, 0.25) is 0 Å². The number of aliphatic hydroxyl groups is 1. The van der Waals surface area contributed by atoms with Crippen molar-refractivity contribution in [1.82, 2.24) is 4.98 Å². The van der Waals surface area contributed by atoms with Crippen molar-refractivity contribution < 1.29 is 5.11 Å². The number of nitrogens with zero attached hydrogens (tertiary/aromatic N) is 2. The van der Waals surface area contributed by atoms with E-state index in [1.807, 2.05) is 30.2 Å². The van der Waals surface area contributed by atoms with Crippen LogP contribution in [0.5, 0.6) is 0 Å². The molecule has 0 spiro atoms. The zero-order valence-electron chi connectivity index (χ0n) is 10.1. The lowest BCUT2D eigenvalue weighted by Gasteiger charge is -2.17. The molecule has 0 bridgehead atoms. The summed E-state index contributed by atoms with van der Waals surface area (Å²) >= 11 is 0. The standard InChI is InChI=1S/C13H20N2O/c1-4-6-12-8-11(10-16)9-13(14-12)15(3)7-5-2/h5,8-9,16H,2,4,6-7,10H2,1,3H3. The highest BCUT2D eigenvalue weighted by molar-refractivity contribution is 5.42. The maximum absolute atomic E-state index is 9.20.